The minimum Gasteiger partial charge on any atom is -0.368 e. The fourth-order valence-corrected chi connectivity index (χ4v) is 3.08. The fraction of sp³-hybridized carbons (Fsp3) is 0.474. The number of aliphatic imine (C=N–C) groups is 1. The highest BCUT2D eigenvalue weighted by Gasteiger charge is 2.18. The van der Waals surface area contributed by atoms with Crippen LogP contribution in [0.4, 0.5) is 5.82 Å². The van der Waals surface area contributed by atoms with E-state index in [1.54, 1.807) is 0 Å². The second-order valence-corrected chi connectivity index (χ2v) is 6.46. The number of guanidine groups is 1. The Kier molecular flexibility index (Phi) is 7.74. The van der Waals surface area contributed by atoms with Crippen molar-refractivity contribution in [1.82, 2.24) is 15.2 Å². The van der Waals surface area contributed by atoms with E-state index in [0.29, 0.717) is 0 Å². The van der Waals surface area contributed by atoms with E-state index in [1.165, 1.54) is 18.2 Å². The monoisotopic (exact) mass is 453 g/mol. The van der Waals surface area contributed by atoms with Crippen molar-refractivity contribution in [3.8, 4) is 0 Å². The summed E-state index contributed by atoms with van der Waals surface area (Å²) in [6, 6.07) is 12.3. The van der Waals surface area contributed by atoms with Gasteiger partial charge in [-0.2, -0.15) is 0 Å². The Morgan fingerprint density at radius 3 is 2.68 bits per heavy atom. The maximum atomic E-state index is 4.63. The number of pyridine rings is 1. The molecule has 1 fully saturated rings. The van der Waals surface area contributed by atoms with Gasteiger partial charge in [-0.15, -0.1) is 24.0 Å². The molecule has 1 saturated heterocycles. The van der Waals surface area contributed by atoms with Crippen molar-refractivity contribution in [3.63, 3.8) is 0 Å². The van der Waals surface area contributed by atoms with E-state index < -0.39 is 0 Å². The molecule has 1 aliphatic rings. The molecule has 136 valence electrons. The van der Waals surface area contributed by atoms with Crippen molar-refractivity contribution in [1.29, 1.82) is 0 Å². The van der Waals surface area contributed by atoms with Crippen molar-refractivity contribution in [2.75, 3.05) is 38.5 Å². The summed E-state index contributed by atoms with van der Waals surface area (Å²) in [5, 5.41) is 7.99. The number of likely N-dealkylation sites (tertiary alicyclic amines) is 1. The van der Waals surface area contributed by atoms with Gasteiger partial charge in [-0.25, -0.2) is 4.98 Å². The molecule has 3 rings (SSSR count). The second-order valence-electron chi connectivity index (χ2n) is 6.46. The number of aromatic nitrogens is 1. The third-order valence-electron chi connectivity index (χ3n) is 4.61. The van der Waals surface area contributed by atoms with Gasteiger partial charge in [0.05, 0.1) is 5.52 Å². The third kappa shape index (κ3) is 5.45. The van der Waals surface area contributed by atoms with Crippen molar-refractivity contribution in [3.05, 3.63) is 36.4 Å². The molecular formula is C19H28IN5. The number of hydrogen-bond donors (Lipinski definition) is 2. The maximum Gasteiger partial charge on any atom is 0.193 e. The molecule has 2 heterocycles. The number of fused-ring (bicyclic) bond motifs is 1. The quantitative estimate of drug-likeness (QED) is 0.322. The Balaban J connectivity index is 0.00000225. The standard InChI is InChI=1S/C19H27N5.HI/c1-15-9-13-24(14-10-15)19(20-2)22-12-11-21-18-8-7-16-5-3-4-6-17(16)23-18;/h3-8,15H,9-14H2,1-2H3,(H,20,22)(H,21,23);1H. The zero-order valence-electron chi connectivity index (χ0n) is 15.0. The third-order valence-corrected chi connectivity index (χ3v) is 4.61. The molecule has 0 amide bonds. The molecule has 5 nitrogen and oxygen atoms in total. The van der Waals surface area contributed by atoms with Crippen LogP contribution in [0.15, 0.2) is 41.4 Å². The number of rotatable bonds is 4. The summed E-state index contributed by atoms with van der Waals surface area (Å²) in [5.41, 5.74) is 1.02. The zero-order chi connectivity index (χ0) is 16.8. The van der Waals surface area contributed by atoms with E-state index in [2.05, 4.69) is 44.6 Å². The summed E-state index contributed by atoms with van der Waals surface area (Å²) in [6.07, 6.45) is 2.50. The van der Waals surface area contributed by atoms with Gasteiger partial charge in [-0.1, -0.05) is 25.1 Å². The average Bonchev–Trinajstić information content (AvgIpc) is 2.63. The van der Waals surface area contributed by atoms with Crippen LogP contribution in [0.1, 0.15) is 19.8 Å². The first kappa shape index (κ1) is 19.8. The molecule has 0 unspecified atom stereocenters. The molecule has 2 N–H and O–H groups in total. The Labute approximate surface area is 167 Å². The van der Waals surface area contributed by atoms with Crippen LogP contribution < -0.4 is 10.6 Å². The normalized spacial score (nSPS) is 15.8. The molecule has 0 saturated carbocycles. The first-order valence-corrected chi connectivity index (χ1v) is 8.81. The minimum atomic E-state index is 0. The Morgan fingerprint density at radius 2 is 1.92 bits per heavy atom. The Hall–Kier alpha value is -1.57. The molecule has 0 aliphatic carbocycles. The summed E-state index contributed by atoms with van der Waals surface area (Å²) in [5.74, 6) is 2.76. The molecule has 25 heavy (non-hydrogen) atoms. The van der Waals surface area contributed by atoms with Gasteiger partial charge in [0, 0.05) is 38.6 Å². The van der Waals surface area contributed by atoms with E-state index in [-0.39, 0.29) is 24.0 Å². The summed E-state index contributed by atoms with van der Waals surface area (Å²) >= 11 is 0. The topological polar surface area (TPSA) is 52.6 Å². The maximum absolute atomic E-state index is 4.63. The lowest BCUT2D eigenvalue weighted by Crippen LogP contribution is -2.46. The van der Waals surface area contributed by atoms with Crippen LogP contribution in [0.5, 0.6) is 0 Å². The van der Waals surface area contributed by atoms with Gasteiger partial charge in [0.15, 0.2) is 5.96 Å². The summed E-state index contributed by atoms with van der Waals surface area (Å²) in [4.78, 5) is 11.4. The number of hydrogen-bond acceptors (Lipinski definition) is 3. The first-order chi connectivity index (χ1) is 11.8. The van der Waals surface area contributed by atoms with Crippen molar-refractivity contribution in [2.24, 2.45) is 10.9 Å². The van der Waals surface area contributed by atoms with E-state index in [0.717, 1.165) is 49.4 Å². The molecule has 2 aromatic rings. The van der Waals surface area contributed by atoms with E-state index in [9.17, 15) is 0 Å². The number of piperidine rings is 1. The smallest absolute Gasteiger partial charge is 0.193 e. The molecule has 6 heteroatoms. The molecule has 0 radical (unpaired) electrons. The SMILES string of the molecule is CN=C(NCCNc1ccc2ccccc2n1)N1CCC(C)CC1.I. The van der Waals surface area contributed by atoms with Gasteiger partial charge in [-0.3, -0.25) is 4.99 Å². The van der Waals surface area contributed by atoms with E-state index in [1.807, 2.05) is 31.3 Å². The van der Waals surface area contributed by atoms with Crippen LogP contribution in [0.25, 0.3) is 10.9 Å². The first-order valence-electron chi connectivity index (χ1n) is 8.81. The Bertz CT molecular complexity index is 695. The number of anilines is 1. The second kappa shape index (κ2) is 9.79. The van der Waals surface area contributed by atoms with Gasteiger partial charge in [-0.05, 0) is 37.0 Å². The van der Waals surface area contributed by atoms with Crippen LogP contribution in [0, 0.1) is 5.92 Å². The summed E-state index contributed by atoms with van der Waals surface area (Å²) in [6.45, 7) is 6.16. The number of nitrogens with zero attached hydrogens (tertiary/aromatic N) is 3. The average molecular weight is 453 g/mol. The van der Waals surface area contributed by atoms with Gasteiger partial charge in [0.2, 0.25) is 0 Å². The van der Waals surface area contributed by atoms with Crippen LogP contribution >= 0.6 is 24.0 Å². The minimum absolute atomic E-state index is 0. The number of nitrogens with one attached hydrogen (secondary N) is 2. The zero-order valence-corrected chi connectivity index (χ0v) is 17.4. The van der Waals surface area contributed by atoms with Gasteiger partial charge >= 0.3 is 0 Å². The number of benzene rings is 1. The van der Waals surface area contributed by atoms with Crippen LogP contribution in [0.2, 0.25) is 0 Å². The highest BCUT2D eigenvalue weighted by molar-refractivity contribution is 14.0. The van der Waals surface area contributed by atoms with Crippen LogP contribution in [0.3, 0.4) is 0 Å². The molecule has 0 spiro atoms. The van der Waals surface area contributed by atoms with Crippen LogP contribution in [-0.4, -0.2) is 49.1 Å². The molecule has 0 bridgehead atoms. The van der Waals surface area contributed by atoms with Crippen molar-refractivity contribution in [2.45, 2.75) is 19.8 Å². The van der Waals surface area contributed by atoms with E-state index in [4.69, 9.17) is 0 Å². The van der Waals surface area contributed by atoms with Crippen molar-refractivity contribution < 1.29 is 0 Å². The van der Waals surface area contributed by atoms with Gasteiger partial charge in [0.1, 0.15) is 5.82 Å². The molecule has 1 aromatic heterocycles. The van der Waals surface area contributed by atoms with Gasteiger partial charge < -0.3 is 15.5 Å². The predicted molar refractivity (Wildman–Crippen MR) is 117 cm³/mol. The lowest BCUT2D eigenvalue weighted by molar-refractivity contribution is 0.274. The predicted octanol–water partition coefficient (Wildman–Crippen LogP) is 3.57. The Morgan fingerprint density at radius 1 is 1.16 bits per heavy atom. The van der Waals surface area contributed by atoms with Crippen LogP contribution in [-0.2, 0) is 0 Å². The van der Waals surface area contributed by atoms with Crippen molar-refractivity contribution >= 4 is 46.7 Å². The van der Waals surface area contributed by atoms with E-state index >= 15 is 0 Å². The summed E-state index contributed by atoms with van der Waals surface area (Å²) in [7, 11) is 1.86. The molecule has 1 aliphatic heterocycles. The lowest BCUT2D eigenvalue weighted by atomic mass is 10.00. The molecule has 0 atom stereocenters. The lowest BCUT2D eigenvalue weighted by Gasteiger charge is -2.32. The number of para-hydroxylation sites is 1. The van der Waals surface area contributed by atoms with Gasteiger partial charge in [0.25, 0.3) is 0 Å². The molecular weight excluding hydrogens is 425 g/mol. The highest BCUT2D eigenvalue weighted by atomic mass is 127. The number of halogens is 1. The largest absolute Gasteiger partial charge is 0.368 e. The molecule has 1 aromatic carbocycles. The fourth-order valence-electron chi connectivity index (χ4n) is 3.08. The highest BCUT2D eigenvalue weighted by Crippen LogP contribution is 2.16. The summed E-state index contributed by atoms with van der Waals surface area (Å²) < 4.78 is 0.